The maximum atomic E-state index is 13.2. The summed E-state index contributed by atoms with van der Waals surface area (Å²) in [5.41, 5.74) is -0.797. The van der Waals surface area contributed by atoms with E-state index in [-0.39, 0.29) is 27.2 Å². The van der Waals surface area contributed by atoms with E-state index in [1.807, 2.05) is 0 Å². The molecule has 0 aliphatic heterocycles. The fraction of sp³-hybridized carbons (Fsp3) is 0.190. The van der Waals surface area contributed by atoms with Crippen molar-refractivity contribution in [3.05, 3.63) is 88.5 Å². The van der Waals surface area contributed by atoms with Gasteiger partial charge in [0.05, 0.1) is 11.9 Å². The lowest BCUT2D eigenvalue weighted by Crippen LogP contribution is -2.38. The molecule has 168 valence electrons. The van der Waals surface area contributed by atoms with Crippen molar-refractivity contribution < 1.29 is 36.6 Å². The minimum Gasteiger partial charge on any atom is -0.618 e. The Balaban J connectivity index is 1.99. The second kappa shape index (κ2) is 8.87. The molecule has 6 nitrogen and oxygen atoms in total. The molecule has 1 aromatic carbocycles. The van der Waals surface area contributed by atoms with Crippen molar-refractivity contribution in [3.8, 4) is 11.3 Å². The first kappa shape index (κ1) is 23.1. The normalized spacial score (nSPS) is 13.5. The first-order valence-electron chi connectivity index (χ1n) is 9.17. The maximum Gasteiger partial charge on any atom is 0.418 e. The van der Waals surface area contributed by atoms with Crippen molar-refractivity contribution in [2.75, 3.05) is 0 Å². The molecular weight excluding hydrogens is 437 g/mol. The van der Waals surface area contributed by atoms with Crippen molar-refractivity contribution in [1.82, 2.24) is 10.3 Å². The fourth-order valence-corrected chi connectivity index (χ4v) is 2.98. The summed E-state index contributed by atoms with van der Waals surface area (Å²) in [6.45, 7) is 1.43. The van der Waals surface area contributed by atoms with Crippen LogP contribution in [0.25, 0.3) is 11.3 Å². The maximum absolute atomic E-state index is 13.2. The van der Waals surface area contributed by atoms with Gasteiger partial charge in [0.25, 0.3) is 5.91 Å². The zero-order valence-electron chi connectivity index (χ0n) is 16.4. The zero-order valence-corrected chi connectivity index (χ0v) is 16.4. The first-order chi connectivity index (χ1) is 15.0. The summed E-state index contributed by atoms with van der Waals surface area (Å²) in [5, 5.41) is 24.0. The van der Waals surface area contributed by atoms with E-state index < -0.39 is 41.4 Å². The van der Waals surface area contributed by atoms with E-state index in [0.717, 1.165) is 36.5 Å². The SMILES string of the molecule is C[C@@H](NC(=O)c1cc(-c2ccc(F)cn2)cc(C(O)C(F)(F)F)c1)c1ccc(F)c[n+]1[O-]. The summed E-state index contributed by atoms with van der Waals surface area (Å²) in [5.74, 6) is -2.31. The number of hydrogen-bond donors (Lipinski definition) is 2. The van der Waals surface area contributed by atoms with Gasteiger partial charge in [-0.1, -0.05) is 0 Å². The molecule has 3 aromatic rings. The van der Waals surface area contributed by atoms with Gasteiger partial charge in [-0.15, -0.1) is 0 Å². The van der Waals surface area contributed by atoms with Gasteiger partial charge in [-0.25, -0.2) is 8.78 Å². The van der Waals surface area contributed by atoms with Crippen molar-refractivity contribution in [1.29, 1.82) is 0 Å². The summed E-state index contributed by atoms with van der Waals surface area (Å²) >= 11 is 0. The molecule has 1 amide bonds. The molecular formula is C21H16F5N3O3. The van der Waals surface area contributed by atoms with Crippen molar-refractivity contribution in [2.24, 2.45) is 0 Å². The van der Waals surface area contributed by atoms with Crippen LogP contribution < -0.4 is 10.0 Å². The number of pyridine rings is 2. The van der Waals surface area contributed by atoms with E-state index in [0.29, 0.717) is 6.20 Å². The lowest BCUT2D eigenvalue weighted by Gasteiger charge is -2.18. The Kier molecular flexibility index (Phi) is 6.40. The smallest absolute Gasteiger partial charge is 0.418 e. The molecule has 0 fully saturated rings. The number of rotatable bonds is 5. The van der Waals surface area contributed by atoms with Crippen LogP contribution in [0.1, 0.15) is 40.7 Å². The van der Waals surface area contributed by atoms with E-state index in [4.69, 9.17) is 0 Å². The number of hydrogen-bond acceptors (Lipinski definition) is 4. The van der Waals surface area contributed by atoms with Crippen LogP contribution in [0, 0.1) is 16.8 Å². The molecule has 0 radical (unpaired) electrons. The highest BCUT2D eigenvalue weighted by molar-refractivity contribution is 5.96. The van der Waals surface area contributed by atoms with Crippen LogP contribution in [-0.2, 0) is 0 Å². The number of aliphatic hydroxyl groups is 1. The molecule has 3 rings (SSSR count). The number of carbonyl (C=O) groups is 1. The molecule has 0 aliphatic carbocycles. The summed E-state index contributed by atoms with van der Waals surface area (Å²) in [7, 11) is 0. The summed E-state index contributed by atoms with van der Waals surface area (Å²) in [6, 6.07) is 6.55. The first-order valence-corrected chi connectivity index (χ1v) is 9.17. The number of carbonyl (C=O) groups excluding carboxylic acids is 1. The summed E-state index contributed by atoms with van der Waals surface area (Å²) < 4.78 is 65.8. The Morgan fingerprint density at radius 1 is 1.12 bits per heavy atom. The van der Waals surface area contributed by atoms with Gasteiger partial charge in [-0.2, -0.15) is 17.9 Å². The third kappa shape index (κ3) is 5.17. The predicted octanol–water partition coefficient (Wildman–Crippen LogP) is 3.75. The second-order valence-corrected chi connectivity index (χ2v) is 6.94. The Morgan fingerprint density at radius 3 is 2.41 bits per heavy atom. The Labute approximate surface area is 178 Å². The van der Waals surface area contributed by atoms with Gasteiger partial charge in [0.2, 0.25) is 11.9 Å². The largest absolute Gasteiger partial charge is 0.618 e. The van der Waals surface area contributed by atoms with Gasteiger partial charge >= 0.3 is 6.18 Å². The number of alkyl halides is 3. The minimum atomic E-state index is -5.00. The number of benzene rings is 1. The highest BCUT2D eigenvalue weighted by Gasteiger charge is 2.40. The number of nitrogens with one attached hydrogen (secondary N) is 1. The van der Waals surface area contributed by atoms with Crippen LogP contribution in [0.3, 0.4) is 0 Å². The van der Waals surface area contributed by atoms with Gasteiger partial charge < -0.3 is 15.6 Å². The quantitative estimate of drug-likeness (QED) is 0.350. The average molecular weight is 453 g/mol. The standard InChI is InChI=1S/C21H16F5N3O3/c1-11(18-5-3-16(23)10-29(18)32)28-20(31)14-7-12(17-4-2-15(22)9-27-17)6-13(8-14)19(30)21(24,25)26/h2-11,19,30H,1H3,(H,28,31)/t11-,19?/m1/s1. The molecule has 1 unspecified atom stereocenters. The van der Waals surface area contributed by atoms with Crippen molar-refractivity contribution >= 4 is 5.91 Å². The molecule has 11 heteroatoms. The van der Waals surface area contributed by atoms with Crippen LogP contribution in [0.2, 0.25) is 0 Å². The summed E-state index contributed by atoms with van der Waals surface area (Å²) in [4.78, 5) is 16.5. The van der Waals surface area contributed by atoms with Crippen molar-refractivity contribution in [3.63, 3.8) is 0 Å². The molecule has 0 bridgehead atoms. The number of nitrogens with zero attached hydrogens (tertiary/aromatic N) is 2. The van der Waals surface area contributed by atoms with E-state index in [1.165, 1.54) is 19.1 Å². The lowest BCUT2D eigenvalue weighted by atomic mass is 9.98. The van der Waals surface area contributed by atoms with Crippen molar-refractivity contribution in [2.45, 2.75) is 25.2 Å². The van der Waals surface area contributed by atoms with E-state index >= 15 is 0 Å². The van der Waals surface area contributed by atoms with E-state index in [9.17, 15) is 37.1 Å². The van der Waals surface area contributed by atoms with E-state index in [1.54, 1.807) is 0 Å². The zero-order chi connectivity index (χ0) is 23.6. The van der Waals surface area contributed by atoms with Crippen LogP contribution >= 0.6 is 0 Å². The van der Waals surface area contributed by atoms with Gasteiger partial charge in [-0.05, 0) is 48.9 Å². The molecule has 0 saturated heterocycles. The third-order valence-electron chi connectivity index (χ3n) is 4.57. The number of halogens is 5. The van der Waals surface area contributed by atoms with Gasteiger partial charge in [0.15, 0.2) is 11.9 Å². The monoisotopic (exact) mass is 453 g/mol. The highest BCUT2D eigenvalue weighted by atomic mass is 19.4. The molecule has 2 heterocycles. The van der Waals surface area contributed by atoms with Gasteiger partial charge in [0, 0.05) is 17.2 Å². The fourth-order valence-electron chi connectivity index (χ4n) is 2.98. The van der Waals surface area contributed by atoms with Crippen LogP contribution in [0.15, 0.2) is 54.9 Å². The van der Waals surface area contributed by atoms with Crippen LogP contribution in [0.4, 0.5) is 22.0 Å². The topological polar surface area (TPSA) is 89.2 Å². The van der Waals surface area contributed by atoms with Crippen LogP contribution in [0.5, 0.6) is 0 Å². The molecule has 2 atom stereocenters. The molecule has 0 aliphatic rings. The number of amides is 1. The molecule has 0 saturated carbocycles. The van der Waals surface area contributed by atoms with E-state index in [2.05, 4.69) is 10.3 Å². The Morgan fingerprint density at radius 2 is 1.81 bits per heavy atom. The lowest BCUT2D eigenvalue weighted by molar-refractivity contribution is -0.617. The number of aliphatic hydroxyl groups excluding tert-OH is 1. The highest BCUT2D eigenvalue weighted by Crippen LogP contribution is 2.35. The minimum absolute atomic E-state index is 0.00773. The third-order valence-corrected chi connectivity index (χ3v) is 4.57. The molecule has 0 spiro atoms. The van der Waals surface area contributed by atoms with Crippen LogP contribution in [-0.4, -0.2) is 22.2 Å². The van der Waals surface area contributed by atoms with Gasteiger partial charge in [0.1, 0.15) is 11.9 Å². The molecule has 2 N–H and O–H groups in total. The Bertz CT molecular complexity index is 1140. The average Bonchev–Trinajstić information content (AvgIpc) is 2.72. The second-order valence-electron chi connectivity index (χ2n) is 6.94. The Hall–Kier alpha value is -3.60. The van der Waals surface area contributed by atoms with Gasteiger partial charge in [-0.3, -0.25) is 9.78 Å². The predicted molar refractivity (Wildman–Crippen MR) is 102 cm³/mol. The summed E-state index contributed by atoms with van der Waals surface area (Å²) in [6.07, 6.45) is -6.37. The number of aromatic nitrogens is 2. The molecule has 32 heavy (non-hydrogen) atoms. The molecule has 2 aromatic heterocycles.